The Morgan fingerprint density at radius 3 is 1.29 bits per heavy atom. The van der Waals surface area contributed by atoms with Gasteiger partial charge in [-0.2, -0.15) is 0 Å². The molecule has 0 saturated heterocycles. The van der Waals surface area contributed by atoms with Crippen LogP contribution in [0, 0.1) is 24.7 Å². The SMILES string of the molecule is Cc1cc(C(=O)OCC(C)(C)C)c(C(=O)OCC(C)(C)C)cc1C. The van der Waals surface area contributed by atoms with Gasteiger partial charge in [0.1, 0.15) is 0 Å². The summed E-state index contributed by atoms with van der Waals surface area (Å²) in [7, 11) is 0. The summed E-state index contributed by atoms with van der Waals surface area (Å²) in [5.74, 6) is -0.980. The number of benzene rings is 1. The van der Waals surface area contributed by atoms with E-state index in [1.54, 1.807) is 12.1 Å². The van der Waals surface area contributed by atoms with Crippen LogP contribution in [0.15, 0.2) is 12.1 Å². The summed E-state index contributed by atoms with van der Waals surface area (Å²) >= 11 is 0. The maximum atomic E-state index is 12.5. The molecule has 0 aliphatic heterocycles. The molecule has 4 nitrogen and oxygen atoms in total. The number of aryl methyl sites for hydroxylation is 2. The lowest BCUT2D eigenvalue weighted by Gasteiger charge is -2.20. The molecule has 0 radical (unpaired) electrons. The molecule has 0 unspecified atom stereocenters. The van der Waals surface area contributed by atoms with Crippen LogP contribution in [0.2, 0.25) is 0 Å². The average molecular weight is 334 g/mol. The van der Waals surface area contributed by atoms with Crippen LogP contribution < -0.4 is 0 Å². The summed E-state index contributed by atoms with van der Waals surface area (Å²) in [6.45, 7) is 16.3. The fraction of sp³-hybridized carbons (Fsp3) is 0.600. The first-order valence-electron chi connectivity index (χ1n) is 8.26. The van der Waals surface area contributed by atoms with E-state index in [2.05, 4.69) is 0 Å². The molecule has 0 fully saturated rings. The zero-order valence-corrected chi connectivity index (χ0v) is 16.2. The van der Waals surface area contributed by atoms with Gasteiger partial charge >= 0.3 is 11.9 Å². The van der Waals surface area contributed by atoms with Crippen LogP contribution in [0.1, 0.15) is 73.4 Å². The van der Waals surface area contributed by atoms with Gasteiger partial charge in [0.15, 0.2) is 0 Å². The van der Waals surface area contributed by atoms with Gasteiger partial charge in [0.2, 0.25) is 0 Å². The first kappa shape index (κ1) is 20.2. The Hall–Kier alpha value is -1.84. The van der Waals surface area contributed by atoms with E-state index in [-0.39, 0.29) is 35.2 Å². The minimum absolute atomic E-state index is 0.137. The van der Waals surface area contributed by atoms with Crippen molar-refractivity contribution < 1.29 is 19.1 Å². The largest absolute Gasteiger partial charge is 0.462 e. The lowest BCUT2D eigenvalue weighted by molar-refractivity contribution is 0.0322. The van der Waals surface area contributed by atoms with E-state index >= 15 is 0 Å². The van der Waals surface area contributed by atoms with Gasteiger partial charge in [-0.15, -0.1) is 0 Å². The monoisotopic (exact) mass is 334 g/mol. The molecule has 0 aliphatic carbocycles. The van der Waals surface area contributed by atoms with Crippen LogP contribution in [0.25, 0.3) is 0 Å². The second-order valence-electron chi connectivity index (χ2n) is 8.76. The third-order valence-corrected chi connectivity index (χ3v) is 3.35. The maximum Gasteiger partial charge on any atom is 0.339 e. The van der Waals surface area contributed by atoms with Crippen LogP contribution in [0.3, 0.4) is 0 Å². The molecule has 134 valence electrons. The van der Waals surface area contributed by atoms with Gasteiger partial charge in [-0.1, -0.05) is 41.5 Å². The van der Waals surface area contributed by atoms with Crippen molar-refractivity contribution in [1.29, 1.82) is 0 Å². The molecule has 0 aromatic heterocycles. The van der Waals surface area contributed by atoms with Crippen molar-refractivity contribution in [3.05, 3.63) is 34.4 Å². The van der Waals surface area contributed by atoms with Gasteiger partial charge in [0.25, 0.3) is 0 Å². The van der Waals surface area contributed by atoms with Crippen LogP contribution in [0.4, 0.5) is 0 Å². The number of ether oxygens (including phenoxy) is 2. The number of hydrogen-bond acceptors (Lipinski definition) is 4. The molecular weight excluding hydrogens is 304 g/mol. The van der Waals surface area contributed by atoms with Crippen LogP contribution >= 0.6 is 0 Å². The molecule has 24 heavy (non-hydrogen) atoms. The summed E-state index contributed by atoms with van der Waals surface area (Å²) in [6.07, 6.45) is 0. The molecule has 0 amide bonds. The Morgan fingerprint density at radius 1 is 0.750 bits per heavy atom. The molecular formula is C20H30O4. The van der Waals surface area contributed by atoms with Gasteiger partial charge in [-0.05, 0) is 47.9 Å². The van der Waals surface area contributed by atoms with Gasteiger partial charge in [-0.3, -0.25) is 0 Å². The molecule has 1 aromatic carbocycles. The second-order valence-corrected chi connectivity index (χ2v) is 8.76. The third kappa shape index (κ3) is 6.34. The quantitative estimate of drug-likeness (QED) is 0.748. The fourth-order valence-electron chi connectivity index (χ4n) is 1.87. The first-order valence-corrected chi connectivity index (χ1v) is 8.26. The van der Waals surface area contributed by atoms with Crippen molar-refractivity contribution in [2.75, 3.05) is 13.2 Å². The van der Waals surface area contributed by atoms with Crippen molar-refractivity contribution >= 4 is 11.9 Å². The van der Waals surface area contributed by atoms with E-state index in [1.165, 1.54) is 0 Å². The molecule has 0 aliphatic rings. The molecule has 0 N–H and O–H groups in total. The normalized spacial score (nSPS) is 12.0. The van der Waals surface area contributed by atoms with E-state index in [9.17, 15) is 9.59 Å². The molecule has 4 heteroatoms. The molecule has 0 heterocycles. The Morgan fingerprint density at radius 2 is 1.04 bits per heavy atom. The number of carbonyl (C=O) groups is 2. The van der Waals surface area contributed by atoms with Gasteiger partial charge in [-0.25, -0.2) is 9.59 Å². The van der Waals surface area contributed by atoms with Crippen molar-refractivity contribution in [2.45, 2.75) is 55.4 Å². The van der Waals surface area contributed by atoms with Gasteiger partial charge in [0, 0.05) is 0 Å². The van der Waals surface area contributed by atoms with E-state index in [4.69, 9.17) is 9.47 Å². The Kier molecular flexibility index (Phi) is 6.20. The molecule has 0 saturated carbocycles. The molecule has 0 spiro atoms. The summed E-state index contributed by atoms with van der Waals surface area (Å²) in [4.78, 5) is 24.9. The van der Waals surface area contributed by atoms with Gasteiger partial charge < -0.3 is 9.47 Å². The Balaban J connectivity index is 3.08. The number of hydrogen-bond donors (Lipinski definition) is 0. The summed E-state index contributed by atoms with van der Waals surface area (Å²) < 4.78 is 10.8. The van der Waals surface area contributed by atoms with E-state index < -0.39 is 11.9 Å². The highest BCUT2D eigenvalue weighted by Gasteiger charge is 2.24. The van der Waals surface area contributed by atoms with Crippen LogP contribution in [-0.2, 0) is 9.47 Å². The minimum Gasteiger partial charge on any atom is -0.462 e. The zero-order chi connectivity index (χ0) is 18.7. The molecule has 0 bridgehead atoms. The summed E-state index contributed by atoms with van der Waals surface area (Å²) in [6, 6.07) is 3.40. The number of esters is 2. The summed E-state index contributed by atoms with van der Waals surface area (Å²) in [5, 5.41) is 0. The van der Waals surface area contributed by atoms with Crippen LogP contribution in [0.5, 0.6) is 0 Å². The van der Waals surface area contributed by atoms with Crippen molar-refractivity contribution in [1.82, 2.24) is 0 Å². The molecule has 1 rings (SSSR count). The van der Waals surface area contributed by atoms with Crippen molar-refractivity contribution in [2.24, 2.45) is 10.8 Å². The predicted molar refractivity (Wildman–Crippen MR) is 95.4 cm³/mol. The van der Waals surface area contributed by atoms with E-state index in [0.717, 1.165) is 11.1 Å². The second kappa shape index (κ2) is 7.37. The topological polar surface area (TPSA) is 52.6 Å². The maximum absolute atomic E-state index is 12.5. The Bertz CT molecular complexity index is 561. The lowest BCUT2D eigenvalue weighted by atomic mass is 9.97. The first-order chi connectivity index (χ1) is 10.8. The zero-order valence-electron chi connectivity index (χ0n) is 16.2. The Labute approximate surface area is 145 Å². The third-order valence-electron chi connectivity index (χ3n) is 3.35. The average Bonchev–Trinajstić information content (AvgIpc) is 2.43. The van der Waals surface area contributed by atoms with Crippen molar-refractivity contribution in [3.8, 4) is 0 Å². The minimum atomic E-state index is -0.490. The van der Waals surface area contributed by atoms with Crippen LogP contribution in [-0.4, -0.2) is 25.2 Å². The highest BCUT2D eigenvalue weighted by Crippen LogP contribution is 2.22. The fourth-order valence-corrected chi connectivity index (χ4v) is 1.87. The highest BCUT2D eigenvalue weighted by atomic mass is 16.5. The predicted octanol–water partition coefficient (Wildman–Crippen LogP) is 4.71. The number of carbonyl (C=O) groups excluding carboxylic acids is 2. The lowest BCUT2D eigenvalue weighted by Crippen LogP contribution is -2.22. The van der Waals surface area contributed by atoms with E-state index in [0.29, 0.717) is 0 Å². The smallest absolute Gasteiger partial charge is 0.339 e. The summed E-state index contributed by atoms with van der Waals surface area (Å²) in [5.41, 5.74) is 2.13. The molecule has 0 atom stereocenters. The van der Waals surface area contributed by atoms with Gasteiger partial charge in [0.05, 0.1) is 24.3 Å². The van der Waals surface area contributed by atoms with E-state index in [1.807, 2.05) is 55.4 Å². The number of rotatable bonds is 4. The van der Waals surface area contributed by atoms with Crippen molar-refractivity contribution in [3.63, 3.8) is 0 Å². The highest BCUT2D eigenvalue weighted by molar-refractivity contribution is 6.03. The standard InChI is InChI=1S/C20H30O4/c1-13-9-15(17(21)23-11-19(3,4)5)16(10-14(13)2)18(22)24-12-20(6,7)8/h9-10H,11-12H2,1-8H3. The molecule has 1 aromatic rings.